The molecule has 15 heteroatoms. The first-order valence-corrected chi connectivity index (χ1v) is 13.6. The Bertz CT molecular complexity index is 1820. The second-order valence-electron chi connectivity index (χ2n) is 9.50. The van der Waals surface area contributed by atoms with E-state index in [0.717, 1.165) is 5.56 Å². The van der Waals surface area contributed by atoms with E-state index in [0.29, 0.717) is 57.8 Å². The Balaban J connectivity index is 1.31. The molecule has 0 fully saturated rings. The van der Waals surface area contributed by atoms with Gasteiger partial charge in [0.1, 0.15) is 18.0 Å². The van der Waals surface area contributed by atoms with Crippen LogP contribution in [-0.2, 0) is 11.2 Å². The number of hydrogen-bond donors (Lipinski definition) is 2. The molecule has 0 saturated carbocycles. The van der Waals surface area contributed by atoms with E-state index in [4.69, 9.17) is 32.9 Å². The summed E-state index contributed by atoms with van der Waals surface area (Å²) in [6.07, 6.45) is 1.52. The molecule has 4 heterocycles. The van der Waals surface area contributed by atoms with Gasteiger partial charge in [0.2, 0.25) is 0 Å². The Morgan fingerprint density at radius 2 is 1.98 bits per heavy atom. The number of anilines is 1. The van der Waals surface area contributed by atoms with Gasteiger partial charge in [-0.15, -0.1) is 5.10 Å². The summed E-state index contributed by atoms with van der Waals surface area (Å²) >= 11 is 12.8. The van der Waals surface area contributed by atoms with Gasteiger partial charge in [-0.3, -0.25) is 14.3 Å². The lowest BCUT2D eigenvalue weighted by atomic mass is 10.1. The number of carbonyl (C=O) groups is 1. The van der Waals surface area contributed by atoms with Crippen LogP contribution in [0.25, 0.3) is 28.2 Å². The average molecular weight is 608 g/mol. The summed E-state index contributed by atoms with van der Waals surface area (Å²) in [4.78, 5) is 38.9. The SMILES string of the molecule is COCCN(C(=O)O)c1ccc(-c2[nH]c([C@@H]3CCc4nc(-c5cc(Cl)ccc5-n5cnnn5)cc(=O)n43)nc2Cl)cc1. The number of imidazole rings is 1. The number of fused-ring (bicyclic) bond motifs is 1. The van der Waals surface area contributed by atoms with Gasteiger partial charge in [0.15, 0.2) is 5.15 Å². The Morgan fingerprint density at radius 1 is 1.17 bits per heavy atom. The number of carboxylic acid groups (broad SMARTS) is 1. The van der Waals surface area contributed by atoms with Crippen molar-refractivity contribution in [2.75, 3.05) is 25.2 Å². The smallest absolute Gasteiger partial charge is 0.411 e. The van der Waals surface area contributed by atoms with Gasteiger partial charge in [-0.1, -0.05) is 35.3 Å². The van der Waals surface area contributed by atoms with Crippen molar-refractivity contribution in [1.82, 2.24) is 39.7 Å². The molecule has 13 nitrogen and oxygen atoms in total. The third kappa shape index (κ3) is 5.13. The number of aryl methyl sites for hydroxylation is 1. The number of ether oxygens (including phenoxy) is 1. The number of hydrogen-bond acceptors (Lipinski definition) is 8. The lowest BCUT2D eigenvalue weighted by Crippen LogP contribution is -2.32. The summed E-state index contributed by atoms with van der Waals surface area (Å²) in [7, 11) is 1.51. The van der Waals surface area contributed by atoms with Crippen molar-refractivity contribution in [3.63, 3.8) is 0 Å². The largest absolute Gasteiger partial charge is 0.465 e. The average Bonchev–Trinajstić information content (AvgIpc) is 3.74. The van der Waals surface area contributed by atoms with E-state index >= 15 is 0 Å². The van der Waals surface area contributed by atoms with Gasteiger partial charge in [0.25, 0.3) is 5.56 Å². The lowest BCUT2D eigenvalue weighted by Gasteiger charge is -2.19. The van der Waals surface area contributed by atoms with Gasteiger partial charge in [-0.2, -0.15) is 4.68 Å². The number of nitrogens with one attached hydrogen (secondary N) is 1. The molecule has 0 saturated heterocycles. The number of halogens is 2. The van der Waals surface area contributed by atoms with Crippen LogP contribution in [0.15, 0.2) is 59.7 Å². The summed E-state index contributed by atoms with van der Waals surface area (Å²) < 4.78 is 8.12. The number of benzene rings is 2. The zero-order valence-electron chi connectivity index (χ0n) is 22.1. The number of tetrazole rings is 1. The zero-order chi connectivity index (χ0) is 29.4. The van der Waals surface area contributed by atoms with E-state index in [-0.39, 0.29) is 23.9 Å². The molecule has 0 unspecified atom stereocenters. The predicted molar refractivity (Wildman–Crippen MR) is 154 cm³/mol. The number of nitrogens with zero attached hydrogens (tertiary/aromatic N) is 8. The maximum absolute atomic E-state index is 13.5. The molecule has 2 N–H and O–H groups in total. The van der Waals surface area contributed by atoms with Gasteiger partial charge in [0, 0.05) is 41.4 Å². The van der Waals surface area contributed by atoms with Crippen LogP contribution in [0.1, 0.15) is 24.1 Å². The Labute approximate surface area is 248 Å². The van der Waals surface area contributed by atoms with E-state index in [9.17, 15) is 14.7 Å². The minimum Gasteiger partial charge on any atom is -0.465 e. The molecule has 0 radical (unpaired) electrons. The number of methoxy groups -OCH3 is 1. The number of H-pyrrole nitrogens is 1. The third-order valence-corrected chi connectivity index (χ3v) is 7.53. The quantitative estimate of drug-likeness (QED) is 0.263. The van der Waals surface area contributed by atoms with E-state index in [1.54, 1.807) is 47.0 Å². The Morgan fingerprint density at radius 3 is 2.69 bits per heavy atom. The Hall–Kier alpha value is -4.59. The van der Waals surface area contributed by atoms with E-state index in [1.165, 1.54) is 29.1 Å². The van der Waals surface area contributed by atoms with Crippen molar-refractivity contribution in [3.05, 3.63) is 87.0 Å². The van der Waals surface area contributed by atoms with Crippen molar-refractivity contribution in [2.45, 2.75) is 18.9 Å². The van der Waals surface area contributed by atoms with Gasteiger partial charge >= 0.3 is 6.09 Å². The molecule has 1 aliphatic heterocycles. The monoisotopic (exact) mass is 607 g/mol. The first kappa shape index (κ1) is 27.6. The van der Waals surface area contributed by atoms with E-state index in [1.807, 2.05) is 0 Å². The molecule has 2 aromatic carbocycles. The number of amides is 1. The highest BCUT2D eigenvalue weighted by Gasteiger charge is 2.30. The minimum absolute atomic E-state index is 0.196. The van der Waals surface area contributed by atoms with E-state index < -0.39 is 12.1 Å². The molecule has 0 bridgehead atoms. The number of rotatable bonds is 8. The zero-order valence-corrected chi connectivity index (χ0v) is 23.6. The molecule has 42 heavy (non-hydrogen) atoms. The normalized spacial score (nSPS) is 14.2. The fraction of sp³-hybridized carbons (Fsp3) is 0.222. The van der Waals surface area contributed by atoms with Crippen molar-refractivity contribution in [3.8, 4) is 28.2 Å². The van der Waals surface area contributed by atoms with E-state index in [2.05, 4.69) is 25.5 Å². The minimum atomic E-state index is -1.08. The summed E-state index contributed by atoms with van der Waals surface area (Å²) in [5.41, 5.74) is 3.24. The van der Waals surface area contributed by atoms with Gasteiger partial charge < -0.3 is 14.8 Å². The number of aromatic nitrogens is 8. The van der Waals surface area contributed by atoms with Crippen molar-refractivity contribution in [1.29, 1.82) is 0 Å². The maximum atomic E-state index is 13.5. The molecule has 1 amide bonds. The highest BCUT2D eigenvalue weighted by atomic mass is 35.5. The molecule has 1 aliphatic rings. The van der Waals surface area contributed by atoms with Crippen molar-refractivity contribution >= 4 is 35.0 Å². The summed E-state index contributed by atoms with van der Waals surface area (Å²) in [5.74, 6) is 1.13. The van der Waals surface area contributed by atoms with Crippen LogP contribution in [0.3, 0.4) is 0 Å². The van der Waals surface area contributed by atoms with Gasteiger partial charge in [-0.25, -0.2) is 14.8 Å². The second kappa shape index (κ2) is 11.4. The predicted octanol–water partition coefficient (Wildman–Crippen LogP) is 4.25. The van der Waals surface area contributed by atoms with Crippen LogP contribution in [0, 0.1) is 0 Å². The molecule has 0 spiro atoms. The van der Waals surface area contributed by atoms with Gasteiger partial charge in [0.05, 0.1) is 36.3 Å². The van der Waals surface area contributed by atoms with Crippen LogP contribution >= 0.6 is 23.2 Å². The van der Waals surface area contributed by atoms with Crippen LogP contribution in [0.2, 0.25) is 10.2 Å². The Kier molecular flexibility index (Phi) is 7.45. The standard InChI is InChI=1S/C27H23Cl2N9O4/c1-42-11-10-36(27(40)41)17-5-2-15(3-6-17)24-25(29)33-26(32-24)21-8-9-22-31-19(13-23(39)38(21)22)18-12-16(28)4-7-20(18)37-14-30-34-35-37/h2-7,12-14,21H,8-11H2,1H3,(H,32,33)(H,40,41)/t21-/m0/s1. The molecule has 6 rings (SSSR count). The summed E-state index contributed by atoms with van der Waals surface area (Å²) in [6, 6.07) is 13.2. The molecule has 1 atom stereocenters. The molecular formula is C27H23Cl2N9O4. The lowest BCUT2D eigenvalue weighted by molar-refractivity contribution is 0.186. The van der Waals surface area contributed by atoms with Crippen LogP contribution in [0.5, 0.6) is 0 Å². The van der Waals surface area contributed by atoms with Crippen molar-refractivity contribution in [2.24, 2.45) is 0 Å². The first-order valence-electron chi connectivity index (χ1n) is 12.8. The molecule has 214 valence electrons. The molecular weight excluding hydrogens is 585 g/mol. The second-order valence-corrected chi connectivity index (χ2v) is 10.3. The third-order valence-electron chi connectivity index (χ3n) is 7.02. The number of aromatic amines is 1. The summed E-state index contributed by atoms with van der Waals surface area (Å²) in [6.45, 7) is 0.462. The van der Waals surface area contributed by atoms with Gasteiger partial charge in [-0.05, 0) is 47.2 Å². The first-order chi connectivity index (χ1) is 20.3. The van der Waals surface area contributed by atoms with Crippen molar-refractivity contribution < 1.29 is 14.6 Å². The highest BCUT2D eigenvalue weighted by molar-refractivity contribution is 6.32. The maximum Gasteiger partial charge on any atom is 0.411 e. The van der Waals surface area contributed by atoms with Crippen LogP contribution < -0.4 is 10.5 Å². The fourth-order valence-corrected chi connectivity index (χ4v) is 5.49. The molecule has 0 aliphatic carbocycles. The molecule has 3 aromatic heterocycles. The highest BCUT2D eigenvalue weighted by Crippen LogP contribution is 2.35. The molecule has 5 aromatic rings. The fourth-order valence-electron chi connectivity index (χ4n) is 5.07. The summed E-state index contributed by atoms with van der Waals surface area (Å²) in [5, 5.41) is 21.6. The topological polar surface area (TPSA) is 157 Å². The van der Waals surface area contributed by atoms with Crippen LogP contribution in [0.4, 0.5) is 10.5 Å². The van der Waals surface area contributed by atoms with Crippen LogP contribution in [-0.4, -0.2) is 71.2 Å².